The van der Waals surface area contributed by atoms with Crippen molar-refractivity contribution in [1.82, 2.24) is 15.0 Å². The standard InChI is InChI=1S/C18H23N5O3/c1-12-5-7-13(8-6-12)20-17-22-14(21-16(19)23-17)11-26-15(24)18(25)9-3-2-4-10-18/h5-8,25H,2-4,9-11H2,1H3,(H3,19,20,21,22,23). The lowest BCUT2D eigenvalue weighted by atomic mass is 9.85. The number of ether oxygens (including phenoxy) is 1. The van der Waals surface area contributed by atoms with Crippen LogP contribution in [0.5, 0.6) is 0 Å². The van der Waals surface area contributed by atoms with Gasteiger partial charge < -0.3 is 20.9 Å². The van der Waals surface area contributed by atoms with E-state index in [1.54, 1.807) is 0 Å². The summed E-state index contributed by atoms with van der Waals surface area (Å²) in [4.78, 5) is 24.4. The molecule has 26 heavy (non-hydrogen) atoms. The maximum atomic E-state index is 12.2. The molecule has 8 heteroatoms. The molecule has 0 saturated heterocycles. The van der Waals surface area contributed by atoms with Crippen LogP contribution in [0.1, 0.15) is 43.5 Å². The van der Waals surface area contributed by atoms with Gasteiger partial charge in [0.2, 0.25) is 11.9 Å². The molecule has 0 radical (unpaired) electrons. The Hall–Kier alpha value is -2.74. The van der Waals surface area contributed by atoms with Gasteiger partial charge in [-0.1, -0.05) is 24.1 Å². The number of nitrogen functional groups attached to an aromatic ring is 1. The van der Waals surface area contributed by atoms with E-state index in [0.29, 0.717) is 12.8 Å². The first-order chi connectivity index (χ1) is 12.4. The Morgan fingerprint density at radius 2 is 1.88 bits per heavy atom. The molecule has 1 aromatic heterocycles. The van der Waals surface area contributed by atoms with Crippen molar-refractivity contribution in [1.29, 1.82) is 0 Å². The molecule has 1 fully saturated rings. The van der Waals surface area contributed by atoms with Gasteiger partial charge in [0.05, 0.1) is 0 Å². The summed E-state index contributed by atoms with van der Waals surface area (Å²) in [6.07, 6.45) is 3.49. The van der Waals surface area contributed by atoms with E-state index in [4.69, 9.17) is 10.5 Å². The molecule has 1 heterocycles. The lowest BCUT2D eigenvalue weighted by Crippen LogP contribution is -2.41. The van der Waals surface area contributed by atoms with Crippen LogP contribution in [0.2, 0.25) is 0 Å². The number of aliphatic hydroxyl groups is 1. The average molecular weight is 357 g/mol. The van der Waals surface area contributed by atoms with Crippen LogP contribution in [0.15, 0.2) is 24.3 Å². The first-order valence-electron chi connectivity index (χ1n) is 8.68. The van der Waals surface area contributed by atoms with E-state index >= 15 is 0 Å². The number of aryl methyl sites for hydroxylation is 1. The lowest BCUT2D eigenvalue weighted by Gasteiger charge is -2.29. The Bertz CT molecular complexity index is 773. The molecular formula is C18H23N5O3. The third kappa shape index (κ3) is 4.45. The van der Waals surface area contributed by atoms with Crippen molar-refractivity contribution in [2.75, 3.05) is 11.1 Å². The van der Waals surface area contributed by atoms with Gasteiger partial charge in [-0.2, -0.15) is 15.0 Å². The summed E-state index contributed by atoms with van der Waals surface area (Å²) in [6.45, 7) is 1.83. The first kappa shape index (κ1) is 18.1. The summed E-state index contributed by atoms with van der Waals surface area (Å²) in [5.74, 6) is -0.120. The molecular weight excluding hydrogens is 334 g/mol. The van der Waals surface area contributed by atoms with Crippen molar-refractivity contribution < 1.29 is 14.6 Å². The van der Waals surface area contributed by atoms with E-state index in [0.717, 1.165) is 30.5 Å². The Morgan fingerprint density at radius 1 is 1.19 bits per heavy atom. The molecule has 3 rings (SSSR count). The van der Waals surface area contributed by atoms with Crippen molar-refractivity contribution in [3.63, 3.8) is 0 Å². The molecule has 4 N–H and O–H groups in total. The predicted octanol–water partition coefficient (Wildman–Crippen LogP) is 2.24. The van der Waals surface area contributed by atoms with Crippen molar-refractivity contribution in [2.45, 2.75) is 51.2 Å². The topological polar surface area (TPSA) is 123 Å². The number of hydrogen-bond donors (Lipinski definition) is 3. The van der Waals surface area contributed by atoms with Gasteiger partial charge in [-0.3, -0.25) is 0 Å². The number of rotatable bonds is 5. The molecule has 0 aliphatic heterocycles. The number of nitrogens with one attached hydrogen (secondary N) is 1. The van der Waals surface area contributed by atoms with Crippen LogP contribution in [0.3, 0.4) is 0 Å². The fourth-order valence-electron chi connectivity index (χ4n) is 2.93. The third-order valence-electron chi connectivity index (χ3n) is 4.40. The highest BCUT2D eigenvalue weighted by molar-refractivity contribution is 5.79. The highest BCUT2D eigenvalue weighted by Gasteiger charge is 2.38. The van der Waals surface area contributed by atoms with E-state index in [1.165, 1.54) is 0 Å². The molecule has 0 spiro atoms. The molecule has 0 atom stereocenters. The highest BCUT2D eigenvalue weighted by Crippen LogP contribution is 2.29. The van der Waals surface area contributed by atoms with Gasteiger partial charge in [0.25, 0.3) is 0 Å². The Kier molecular flexibility index (Phi) is 5.32. The zero-order valence-corrected chi connectivity index (χ0v) is 14.7. The number of aromatic nitrogens is 3. The zero-order chi connectivity index (χ0) is 18.6. The van der Waals surface area contributed by atoms with Gasteiger partial charge in [0.15, 0.2) is 18.0 Å². The number of nitrogens with zero attached hydrogens (tertiary/aromatic N) is 3. The normalized spacial score (nSPS) is 16.1. The number of nitrogens with two attached hydrogens (primary N) is 1. The Balaban J connectivity index is 1.65. The van der Waals surface area contributed by atoms with Crippen molar-refractivity contribution in [3.05, 3.63) is 35.7 Å². The third-order valence-corrected chi connectivity index (χ3v) is 4.40. The van der Waals surface area contributed by atoms with E-state index in [2.05, 4.69) is 20.3 Å². The summed E-state index contributed by atoms with van der Waals surface area (Å²) in [7, 11) is 0. The van der Waals surface area contributed by atoms with Gasteiger partial charge in [0.1, 0.15) is 0 Å². The zero-order valence-electron chi connectivity index (χ0n) is 14.7. The number of anilines is 3. The maximum Gasteiger partial charge on any atom is 0.338 e. The minimum Gasteiger partial charge on any atom is -0.455 e. The van der Waals surface area contributed by atoms with E-state index < -0.39 is 11.6 Å². The molecule has 1 aromatic carbocycles. The number of benzene rings is 1. The minimum absolute atomic E-state index is 0.0250. The molecule has 138 valence electrons. The van der Waals surface area contributed by atoms with E-state index in [-0.39, 0.29) is 24.3 Å². The van der Waals surface area contributed by atoms with Crippen LogP contribution in [-0.4, -0.2) is 31.6 Å². The predicted molar refractivity (Wildman–Crippen MR) is 96.5 cm³/mol. The van der Waals surface area contributed by atoms with Gasteiger partial charge in [-0.25, -0.2) is 4.79 Å². The second kappa shape index (κ2) is 7.65. The van der Waals surface area contributed by atoms with Gasteiger partial charge in [-0.05, 0) is 44.7 Å². The second-order valence-electron chi connectivity index (χ2n) is 6.59. The second-order valence-corrected chi connectivity index (χ2v) is 6.59. The summed E-state index contributed by atoms with van der Waals surface area (Å²) < 4.78 is 5.22. The number of carbonyl (C=O) groups is 1. The van der Waals surface area contributed by atoms with Crippen LogP contribution in [0, 0.1) is 6.92 Å². The summed E-state index contributed by atoms with van der Waals surface area (Å²) in [6, 6.07) is 7.71. The average Bonchev–Trinajstić information content (AvgIpc) is 2.62. The van der Waals surface area contributed by atoms with E-state index in [1.807, 2.05) is 31.2 Å². The van der Waals surface area contributed by atoms with Gasteiger partial charge in [-0.15, -0.1) is 0 Å². The van der Waals surface area contributed by atoms with Gasteiger partial charge >= 0.3 is 5.97 Å². The molecule has 1 aliphatic carbocycles. The molecule has 2 aromatic rings. The molecule has 0 amide bonds. The minimum atomic E-state index is -1.40. The Morgan fingerprint density at radius 3 is 2.58 bits per heavy atom. The van der Waals surface area contributed by atoms with E-state index in [9.17, 15) is 9.90 Å². The first-order valence-corrected chi connectivity index (χ1v) is 8.68. The smallest absolute Gasteiger partial charge is 0.338 e. The van der Waals surface area contributed by atoms with Crippen molar-refractivity contribution in [3.8, 4) is 0 Å². The molecule has 0 bridgehead atoms. The fraction of sp³-hybridized carbons (Fsp3) is 0.444. The van der Waals surface area contributed by atoms with Crippen LogP contribution in [-0.2, 0) is 16.1 Å². The summed E-state index contributed by atoms with van der Waals surface area (Å²) in [5.41, 5.74) is 6.26. The summed E-state index contributed by atoms with van der Waals surface area (Å²) in [5, 5.41) is 13.4. The van der Waals surface area contributed by atoms with Crippen molar-refractivity contribution in [2.24, 2.45) is 0 Å². The van der Waals surface area contributed by atoms with Crippen molar-refractivity contribution >= 4 is 23.6 Å². The number of esters is 1. The number of hydrogen-bond acceptors (Lipinski definition) is 8. The number of carbonyl (C=O) groups excluding carboxylic acids is 1. The molecule has 8 nitrogen and oxygen atoms in total. The van der Waals surface area contributed by atoms with Crippen LogP contribution < -0.4 is 11.1 Å². The molecule has 0 unspecified atom stereocenters. The largest absolute Gasteiger partial charge is 0.455 e. The van der Waals surface area contributed by atoms with Crippen LogP contribution in [0.4, 0.5) is 17.6 Å². The molecule has 1 aliphatic rings. The fourth-order valence-corrected chi connectivity index (χ4v) is 2.93. The summed E-state index contributed by atoms with van der Waals surface area (Å²) >= 11 is 0. The SMILES string of the molecule is Cc1ccc(Nc2nc(N)nc(COC(=O)C3(O)CCCCC3)n2)cc1. The Labute approximate surface area is 151 Å². The quantitative estimate of drug-likeness (QED) is 0.696. The van der Waals surface area contributed by atoms with Gasteiger partial charge in [0, 0.05) is 5.69 Å². The van der Waals surface area contributed by atoms with Crippen LogP contribution in [0.25, 0.3) is 0 Å². The van der Waals surface area contributed by atoms with Crippen LogP contribution >= 0.6 is 0 Å². The maximum absolute atomic E-state index is 12.2. The highest BCUT2D eigenvalue weighted by atomic mass is 16.5. The monoisotopic (exact) mass is 357 g/mol. The molecule has 1 saturated carbocycles. The lowest BCUT2D eigenvalue weighted by molar-refractivity contribution is -0.170.